The summed E-state index contributed by atoms with van der Waals surface area (Å²) in [5.74, 6) is 0.735. The first-order valence-electron chi connectivity index (χ1n) is 8.97. The molecule has 7 heteroatoms. The Bertz CT molecular complexity index is 536. The second-order valence-electron chi connectivity index (χ2n) is 6.46. The van der Waals surface area contributed by atoms with E-state index < -0.39 is 0 Å². The molecule has 1 aromatic rings. The number of hydrogen-bond acceptors (Lipinski definition) is 5. The van der Waals surface area contributed by atoms with E-state index in [1.54, 1.807) is 6.92 Å². The third-order valence-electron chi connectivity index (χ3n) is 4.38. The highest BCUT2D eigenvalue weighted by Gasteiger charge is 2.20. The molecule has 24 heavy (non-hydrogen) atoms. The van der Waals surface area contributed by atoms with Gasteiger partial charge in [-0.3, -0.25) is 9.59 Å². The smallest absolute Gasteiger partial charge is 0.249 e. The quantitative estimate of drug-likeness (QED) is 0.746. The van der Waals surface area contributed by atoms with E-state index in [9.17, 15) is 9.59 Å². The van der Waals surface area contributed by atoms with Gasteiger partial charge in [0, 0.05) is 18.9 Å². The highest BCUT2D eigenvalue weighted by atomic mass is 16.5. The van der Waals surface area contributed by atoms with Crippen LogP contribution < -0.4 is 10.6 Å². The molecule has 2 N–H and O–H groups in total. The maximum atomic E-state index is 12.1. The Kier molecular flexibility index (Phi) is 7.21. The Morgan fingerprint density at radius 1 is 1.17 bits per heavy atom. The average Bonchev–Trinajstić information content (AvgIpc) is 2.83. The summed E-state index contributed by atoms with van der Waals surface area (Å²) in [4.78, 5) is 28.2. The SMILES string of the molecule is CC[C@@H](NC(=O)CCC(=O)NC1CCCCCC1)c1nc(C)no1. The monoisotopic (exact) mass is 336 g/mol. The summed E-state index contributed by atoms with van der Waals surface area (Å²) in [5, 5.41) is 9.64. The first-order chi connectivity index (χ1) is 11.6. The molecule has 1 aliphatic carbocycles. The minimum Gasteiger partial charge on any atom is -0.353 e. The van der Waals surface area contributed by atoms with E-state index in [4.69, 9.17) is 4.52 Å². The zero-order valence-corrected chi connectivity index (χ0v) is 14.6. The van der Waals surface area contributed by atoms with Gasteiger partial charge in [0.1, 0.15) is 6.04 Å². The molecule has 1 heterocycles. The number of rotatable bonds is 7. The summed E-state index contributed by atoms with van der Waals surface area (Å²) in [6.07, 6.45) is 7.98. The summed E-state index contributed by atoms with van der Waals surface area (Å²) in [6, 6.07) is -0.0311. The van der Waals surface area contributed by atoms with E-state index in [-0.39, 0.29) is 36.7 Å². The molecule has 0 unspecified atom stereocenters. The van der Waals surface area contributed by atoms with Gasteiger partial charge in [0.2, 0.25) is 17.7 Å². The van der Waals surface area contributed by atoms with Gasteiger partial charge in [-0.05, 0) is 26.2 Å². The fraction of sp³-hybridized carbons (Fsp3) is 0.765. The van der Waals surface area contributed by atoms with Gasteiger partial charge in [0.25, 0.3) is 0 Å². The fourth-order valence-electron chi connectivity index (χ4n) is 3.01. The van der Waals surface area contributed by atoms with Crippen molar-refractivity contribution < 1.29 is 14.1 Å². The summed E-state index contributed by atoms with van der Waals surface area (Å²) < 4.78 is 5.10. The van der Waals surface area contributed by atoms with Crippen LogP contribution in [0.4, 0.5) is 0 Å². The molecule has 0 bridgehead atoms. The van der Waals surface area contributed by atoms with E-state index in [0.29, 0.717) is 18.1 Å². The largest absolute Gasteiger partial charge is 0.353 e. The maximum Gasteiger partial charge on any atom is 0.249 e. The van der Waals surface area contributed by atoms with Crippen LogP contribution in [0.2, 0.25) is 0 Å². The van der Waals surface area contributed by atoms with E-state index in [1.807, 2.05) is 6.92 Å². The molecule has 0 aliphatic heterocycles. The Labute approximate surface area is 143 Å². The van der Waals surface area contributed by atoms with Crippen LogP contribution in [0, 0.1) is 6.92 Å². The Morgan fingerprint density at radius 2 is 1.83 bits per heavy atom. The lowest BCUT2D eigenvalue weighted by molar-refractivity contribution is -0.127. The van der Waals surface area contributed by atoms with Gasteiger partial charge in [0.15, 0.2) is 5.82 Å². The Balaban J connectivity index is 1.72. The second kappa shape index (κ2) is 9.39. The zero-order chi connectivity index (χ0) is 17.4. The number of amides is 2. The Hall–Kier alpha value is -1.92. The van der Waals surface area contributed by atoms with Crippen molar-refractivity contribution >= 4 is 11.8 Å². The lowest BCUT2D eigenvalue weighted by atomic mass is 10.1. The van der Waals surface area contributed by atoms with Crippen LogP contribution in [0.15, 0.2) is 4.52 Å². The topological polar surface area (TPSA) is 97.1 Å². The predicted octanol–water partition coefficient (Wildman–Crippen LogP) is 2.56. The minimum absolute atomic E-state index is 0.0428. The predicted molar refractivity (Wildman–Crippen MR) is 89.1 cm³/mol. The summed E-state index contributed by atoms with van der Waals surface area (Å²) in [5.41, 5.74) is 0. The molecule has 0 spiro atoms. The number of carbonyl (C=O) groups excluding carboxylic acids is 2. The van der Waals surface area contributed by atoms with Crippen molar-refractivity contribution in [2.45, 2.75) is 83.7 Å². The molecule has 1 aromatic heterocycles. The maximum absolute atomic E-state index is 12.1. The van der Waals surface area contributed by atoms with Crippen LogP contribution in [-0.2, 0) is 9.59 Å². The van der Waals surface area contributed by atoms with Crippen molar-refractivity contribution in [3.63, 3.8) is 0 Å². The molecule has 1 saturated carbocycles. The lowest BCUT2D eigenvalue weighted by Gasteiger charge is -2.16. The summed E-state index contributed by atoms with van der Waals surface area (Å²) in [7, 11) is 0. The van der Waals surface area contributed by atoms with E-state index in [2.05, 4.69) is 20.8 Å². The molecule has 2 amide bonds. The normalized spacial score (nSPS) is 17.1. The number of nitrogens with one attached hydrogen (secondary N) is 2. The van der Waals surface area contributed by atoms with Crippen molar-refractivity contribution in [1.82, 2.24) is 20.8 Å². The van der Waals surface area contributed by atoms with Crippen LogP contribution in [0.3, 0.4) is 0 Å². The van der Waals surface area contributed by atoms with Gasteiger partial charge in [-0.1, -0.05) is 37.8 Å². The van der Waals surface area contributed by atoms with Crippen molar-refractivity contribution in [2.24, 2.45) is 0 Å². The molecular formula is C17H28N4O3. The molecule has 134 valence electrons. The van der Waals surface area contributed by atoms with Crippen LogP contribution in [0.25, 0.3) is 0 Å². The molecule has 0 saturated heterocycles. The molecular weight excluding hydrogens is 308 g/mol. The van der Waals surface area contributed by atoms with Crippen molar-refractivity contribution in [1.29, 1.82) is 0 Å². The lowest BCUT2D eigenvalue weighted by Crippen LogP contribution is -2.35. The van der Waals surface area contributed by atoms with Crippen molar-refractivity contribution in [3.05, 3.63) is 11.7 Å². The van der Waals surface area contributed by atoms with Gasteiger partial charge >= 0.3 is 0 Å². The van der Waals surface area contributed by atoms with Crippen molar-refractivity contribution in [2.75, 3.05) is 0 Å². The fourth-order valence-corrected chi connectivity index (χ4v) is 3.01. The van der Waals surface area contributed by atoms with Crippen LogP contribution in [0.1, 0.15) is 82.5 Å². The second-order valence-corrected chi connectivity index (χ2v) is 6.46. The number of aromatic nitrogens is 2. The first kappa shape index (κ1) is 18.4. The van der Waals surface area contributed by atoms with Gasteiger partial charge < -0.3 is 15.2 Å². The Morgan fingerprint density at radius 3 is 2.42 bits per heavy atom. The van der Waals surface area contributed by atoms with Crippen molar-refractivity contribution in [3.8, 4) is 0 Å². The van der Waals surface area contributed by atoms with E-state index >= 15 is 0 Å². The van der Waals surface area contributed by atoms with E-state index in [0.717, 1.165) is 12.8 Å². The minimum atomic E-state index is -0.302. The molecule has 2 rings (SSSR count). The standard InChI is InChI=1S/C17H28N4O3/c1-3-14(17-18-12(2)21-24-17)20-16(23)11-10-15(22)19-13-8-6-4-5-7-9-13/h13-14H,3-11H2,1-2H3,(H,19,22)(H,20,23)/t14-/m1/s1. The molecule has 1 fully saturated rings. The average molecular weight is 336 g/mol. The van der Waals surface area contributed by atoms with Gasteiger partial charge in [-0.2, -0.15) is 4.98 Å². The number of hydrogen-bond donors (Lipinski definition) is 2. The van der Waals surface area contributed by atoms with Crippen LogP contribution >= 0.6 is 0 Å². The summed E-state index contributed by atoms with van der Waals surface area (Å²) in [6.45, 7) is 3.67. The van der Waals surface area contributed by atoms with E-state index in [1.165, 1.54) is 25.7 Å². The zero-order valence-electron chi connectivity index (χ0n) is 14.6. The third kappa shape index (κ3) is 5.94. The molecule has 1 aliphatic rings. The highest BCUT2D eigenvalue weighted by molar-refractivity contribution is 5.84. The van der Waals surface area contributed by atoms with Crippen LogP contribution in [0.5, 0.6) is 0 Å². The first-order valence-corrected chi connectivity index (χ1v) is 8.97. The molecule has 0 aromatic carbocycles. The summed E-state index contributed by atoms with van der Waals surface area (Å²) >= 11 is 0. The highest BCUT2D eigenvalue weighted by Crippen LogP contribution is 2.17. The third-order valence-corrected chi connectivity index (χ3v) is 4.38. The van der Waals surface area contributed by atoms with Gasteiger partial charge in [-0.25, -0.2) is 0 Å². The van der Waals surface area contributed by atoms with Crippen LogP contribution in [-0.4, -0.2) is 28.0 Å². The molecule has 0 radical (unpaired) electrons. The number of aryl methyl sites for hydroxylation is 1. The molecule has 7 nitrogen and oxygen atoms in total. The number of carbonyl (C=O) groups is 2. The van der Waals surface area contributed by atoms with Gasteiger partial charge in [-0.15, -0.1) is 0 Å². The molecule has 1 atom stereocenters. The number of nitrogens with zero attached hydrogens (tertiary/aromatic N) is 2. The van der Waals surface area contributed by atoms with Gasteiger partial charge in [0.05, 0.1) is 0 Å².